The molecule has 1 fully saturated rings. The van der Waals surface area contributed by atoms with Crippen molar-refractivity contribution >= 4 is 23.5 Å². The quantitative estimate of drug-likeness (QED) is 0.895. The third kappa shape index (κ3) is 3.18. The van der Waals surface area contributed by atoms with E-state index < -0.39 is 0 Å². The molecule has 2 heterocycles. The van der Waals surface area contributed by atoms with Gasteiger partial charge in [-0.2, -0.15) is 23.5 Å². The summed E-state index contributed by atoms with van der Waals surface area (Å²) in [5, 5.41) is 1.93. The van der Waals surface area contributed by atoms with Crippen molar-refractivity contribution in [2.24, 2.45) is 5.73 Å². The van der Waals surface area contributed by atoms with E-state index in [1.165, 1.54) is 0 Å². The predicted octanol–water partition coefficient (Wildman–Crippen LogP) is 3.02. The lowest BCUT2D eigenvalue weighted by Crippen LogP contribution is -2.34. The van der Waals surface area contributed by atoms with Gasteiger partial charge in [0.15, 0.2) is 0 Å². The van der Waals surface area contributed by atoms with Gasteiger partial charge >= 0.3 is 0 Å². The number of hydrogen-bond acceptors (Lipinski definition) is 4. The van der Waals surface area contributed by atoms with Crippen molar-refractivity contribution in [1.29, 1.82) is 0 Å². The van der Waals surface area contributed by atoms with Crippen molar-refractivity contribution < 1.29 is 0 Å². The van der Waals surface area contributed by atoms with Crippen LogP contribution in [-0.2, 0) is 0 Å². The minimum Gasteiger partial charge on any atom is -0.323 e. The molecule has 2 nitrogen and oxygen atoms in total. The molecule has 1 saturated heterocycles. The van der Waals surface area contributed by atoms with Crippen molar-refractivity contribution in [3.63, 3.8) is 0 Å². The van der Waals surface area contributed by atoms with Gasteiger partial charge in [-0.1, -0.05) is 19.9 Å². The van der Waals surface area contributed by atoms with Gasteiger partial charge in [0.05, 0.1) is 0 Å². The maximum Gasteiger partial charge on any atom is 0.0439 e. The van der Waals surface area contributed by atoms with Crippen LogP contribution in [0.3, 0.4) is 0 Å². The summed E-state index contributed by atoms with van der Waals surface area (Å²) in [5.41, 5.74) is 8.57. The Morgan fingerprint density at radius 1 is 1.35 bits per heavy atom. The topological polar surface area (TPSA) is 38.9 Å². The molecule has 1 aliphatic heterocycles. The van der Waals surface area contributed by atoms with Gasteiger partial charge in [0.2, 0.25) is 0 Å². The summed E-state index contributed by atoms with van der Waals surface area (Å²) in [6.07, 6.45) is 1.92. The Morgan fingerprint density at radius 3 is 2.71 bits per heavy atom. The maximum atomic E-state index is 6.35. The highest BCUT2D eigenvalue weighted by molar-refractivity contribution is 8.07. The molecule has 2 N–H and O–H groups in total. The molecule has 0 spiro atoms. The first-order chi connectivity index (χ1) is 8.08. The lowest BCUT2D eigenvalue weighted by molar-refractivity contribution is 0.703. The minimum absolute atomic E-state index is 0.107. The van der Waals surface area contributed by atoms with E-state index in [2.05, 4.69) is 24.9 Å². The average molecular weight is 268 g/mol. The number of nitrogens with zero attached hydrogens (tertiary/aromatic N) is 1. The second-order valence-corrected chi connectivity index (χ2v) is 7.71. The molecule has 0 amide bonds. The van der Waals surface area contributed by atoms with E-state index in [9.17, 15) is 0 Å². The fourth-order valence-corrected chi connectivity index (χ4v) is 4.94. The zero-order chi connectivity index (χ0) is 12.4. The molecular formula is C13H20N2S2. The van der Waals surface area contributed by atoms with Gasteiger partial charge in [-0.15, -0.1) is 0 Å². The van der Waals surface area contributed by atoms with E-state index in [1.54, 1.807) is 0 Å². The van der Waals surface area contributed by atoms with Crippen LogP contribution in [0, 0.1) is 6.92 Å². The largest absolute Gasteiger partial charge is 0.323 e. The van der Waals surface area contributed by atoms with Gasteiger partial charge in [0.1, 0.15) is 0 Å². The highest BCUT2D eigenvalue weighted by Gasteiger charge is 2.30. The Hall–Kier alpha value is -0.190. The summed E-state index contributed by atoms with van der Waals surface area (Å²) in [6.45, 7) is 6.61. The Bertz CT molecular complexity index is 366. The molecule has 4 unspecified atom stereocenters. The number of aryl methyl sites for hydroxylation is 1. The lowest BCUT2D eigenvalue weighted by atomic mass is 10.1. The Kier molecular flexibility index (Phi) is 4.39. The number of rotatable bonds is 2. The third-order valence-corrected chi connectivity index (χ3v) is 6.81. The van der Waals surface area contributed by atoms with Crippen LogP contribution in [0.4, 0.5) is 0 Å². The first-order valence-electron chi connectivity index (χ1n) is 6.03. The standard InChI is InChI=1S/C13H20N2S2/c1-8-4-5-11(6-15-8)13(14)12-7-16-9(2)10(3)17-12/h4-6,9-10,12-13H,7,14H2,1-3H3. The second kappa shape index (κ2) is 5.63. The summed E-state index contributed by atoms with van der Waals surface area (Å²) in [4.78, 5) is 4.33. The number of hydrogen-bond donors (Lipinski definition) is 1. The molecule has 17 heavy (non-hydrogen) atoms. The second-order valence-electron chi connectivity index (χ2n) is 4.68. The molecule has 4 atom stereocenters. The number of pyridine rings is 1. The van der Waals surface area contributed by atoms with Gasteiger partial charge in [-0.05, 0) is 18.6 Å². The maximum absolute atomic E-state index is 6.35. The van der Waals surface area contributed by atoms with Crippen LogP contribution in [0.2, 0.25) is 0 Å². The van der Waals surface area contributed by atoms with Crippen molar-refractivity contribution in [2.75, 3.05) is 5.75 Å². The van der Waals surface area contributed by atoms with E-state index in [4.69, 9.17) is 5.73 Å². The van der Waals surface area contributed by atoms with Crippen molar-refractivity contribution in [3.05, 3.63) is 29.6 Å². The van der Waals surface area contributed by atoms with Crippen LogP contribution >= 0.6 is 23.5 Å². The van der Waals surface area contributed by atoms with E-state index in [1.807, 2.05) is 42.7 Å². The first-order valence-corrected chi connectivity index (χ1v) is 8.02. The molecule has 4 heteroatoms. The normalized spacial score (nSPS) is 31.2. The van der Waals surface area contributed by atoms with E-state index >= 15 is 0 Å². The van der Waals surface area contributed by atoms with Crippen molar-refractivity contribution in [2.45, 2.75) is 42.6 Å². The molecule has 0 radical (unpaired) electrons. The van der Waals surface area contributed by atoms with Gasteiger partial charge in [-0.25, -0.2) is 0 Å². The highest BCUT2D eigenvalue weighted by atomic mass is 32.2. The zero-order valence-corrected chi connectivity index (χ0v) is 12.2. The monoisotopic (exact) mass is 268 g/mol. The van der Waals surface area contributed by atoms with Gasteiger partial charge < -0.3 is 5.73 Å². The predicted molar refractivity (Wildman–Crippen MR) is 78.7 cm³/mol. The summed E-state index contributed by atoms with van der Waals surface area (Å²) >= 11 is 4.07. The van der Waals surface area contributed by atoms with Crippen LogP contribution in [0.25, 0.3) is 0 Å². The van der Waals surface area contributed by atoms with Crippen LogP contribution in [-0.4, -0.2) is 26.5 Å². The fraction of sp³-hybridized carbons (Fsp3) is 0.615. The molecule has 0 saturated carbocycles. The minimum atomic E-state index is 0.107. The fourth-order valence-electron chi connectivity index (χ4n) is 1.89. The first kappa shape index (κ1) is 13.2. The molecule has 94 valence electrons. The number of nitrogens with two attached hydrogens (primary N) is 1. The third-order valence-electron chi connectivity index (χ3n) is 3.29. The highest BCUT2D eigenvalue weighted by Crippen LogP contribution is 2.39. The molecule has 1 aromatic rings. The van der Waals surface area contributed by atoms with Crippen molar-refractivity contribution in [1.82, 2.24) is 4.98 Å². The van der Waals surface area contributed by atoms with E-state index in [0.29, 0.717) is 10.5 Å². The summed E-state index contributed by atoms with van der Waals surface area (Å²) < 4.78 is 0. The number of aromatic nitrogens is 1. The molecule has 0 bridgehead atoms. The Morgan fingerprint density at radius 2 is 2.12 bits per heavy atom. The summed E-state index contributed by atoms with van der Waals surface area (Å²) in [6, 6.07) is 4.26. The van der Waals surface area contributed by atoms with Gasteiger partial charge in [-0.3, -0.25) is 4.98 Å². The van der Waals surface area contributed by atoms with Gasteiger partial charge in [0, 0.05) is 39.4 Å². The van der Waals surface area contributed by atoms with Crippen molar-refractivity contribution in [3.8, 4) is 0 Å². The smallest absolute Gasteiger partial charge is 0.0439 e. The SMILES string of the molecule is Cc1ccc(C(N)C2CSC(C)C(C)S2)cn1. The van der Waals surface area contributed by atoms with Gasteiger partial charge in [0.25, 0.3) is 0 Å². The molecule has 1 aromatic heterocycles. The van der Waals surface area contributed by atoms with Crippen LogP contribution in [0.5, 0.6) is 0 Å². The molecular weight excluding hydrogens is 248 g/mol. The Labute approximate surface area is 112 Å². The molecule has 2 rings (SSSR count). The van der Waals surface area contributed by atoms with Crippen LogP contribution in [0.1, 0.15) is 31.1 Å². The van der Waals surface area contributed by atoms with Crippen LogP contribution < -0.4 is 5.73 Å². The average Bonchev–Trinajstić information content (AvgIpc) is 2.33. The molecule has 1 aliphatic rings. The molecule has 0 aromatic carbocycles. The zero-order valence-electron chi connectivity index (χ0n) is 10.6. The van der Waals surface area contributed by atoms with E-state index in [0.717, 1.165) is 22.3 Å². The summed E-state index contributed by atoms with van der Waals surface area (Å²) in [7, 11) is 0. The Balaban J connectivity index is 2.05. The lowest BCUT2D eigenvalue weighted by Gasteiger charge is -2.34. The van der Waals surface area contributed by atoms with Crippen LogP contribution in [0.15, 0.2) is 18.3 Å². The summed E-state index contributed by atoms with van der Waals surface area (Å²) in [5.74, 6) is 1.14. The molecule has 0 aliphatic carbocycles. The number of thioether (sulfide) groups is 2. The van der Waals surface area contributed by atoms with E-state index in [-0.39, 0.29) is 6.04 Å².